The van der Waals surface area contributed by atoms with Crippen LogP contribution in [0.3, 0.4) is 0 Å². The van der Waals surface area contributed by atoms with Crippen LogP contribution in [0.15, 0.2) is 72.8 Å². The Bertz CT molecular complexity index is 613. The molecule has 0 unspecified atom stereocenters. The van der Waals surface area contributed by atoms with E-state index in [-0.39, 0.29) is 0 Å². The van der Waals surface area contributed by atoms with Crippen molar-refractivity contribution in [3.8, 4) is 0 Å². The predicted octanol–water partition coefficient (Wildman–Crippen LogP) is 3.98. The normalized spacial score (nSPS) is 16.5. The Morgan fingerprint density at radius 3 is 1.33 bits per heavy atom. The first-order valence-electron chi connectivity index (χ1n) is 6.96. The minimum Gasteiger partial charge on any atom is -0.391 e. The average Bonchev–Trinajstić information content (AvgIpc) is 2.96. The summed E-state index contributed by atoms with van der Waals surface area (Å²) in [6.45, 7) is 0. The molecule has 0 atom stereocenters. The molecule has 1 heterocycles. The van der Waals surface area contributed by atoms with Crippen LogP contribution in [0.1, 0.15) is 11.1 Å². The standard InChI is InChI=1S/C18H18O2Si/c1-19-21(20-2)17(15-9-5-3-6-10-15)13-14-18(21)16-11-7-4-8-12-16/h3-14H,1-2H3. The van der Waals surface area contributed by atoms with Crippen molar-refractivity contribution in [3.05, 3.63) is 83.9 Å². The zero-order valence-electron chi connectivity index (χ0n) is 12.2. The van der Waals surface area contributed by atoms with Crippen LogP contribution in [0.2, 0.25) is 0 Å². The molecule has 2 nitrogen and oxygen atoms in total. The summed E-state index contributed by atoms with van der Waals surface area (Å²) in [5.41, 5.74) is 2.32. The van der Waals surface area contributed by atoms with Gasteiger partial charge >= 0.3 is 8.56 Å². The molecule has 2 aromatic rings. The van der Waals surface area contributed by atoms with Gasteiger partial charge < -0.3 is 8.85 Å². The summed E-state index contributed by atoms with van der Waals surface area (Å²) in [7, 11) is 0.891. The van der Waals surface area contributed by atoms with Gasteiger partial charge in [-0.2, -0.15) is 0 Å². The molecule has 0 aromatic heterocycles. The van der Waals surface area contributed by atoms with Crippen LogP contribution in [0.5, 0.6) is 0 Å². The fourth-order valence-corrected chi connectivity index (χ4v) is 5.90. The summed E-state index contributed by atoms with van der Waals surface area (Å²) in [4.78, 5) is 0. The molecule has 0 spiro atoms. The van der Waals surface area contributed by atoms with Crippen LogP contribution in [0, 0.1) is 0 Å². The van der Waals surface area contributed by atoms with Crippen molar-refractivity contribution in [1.29, 1.82) is 0 Å². The maximum absolute atomic E-state index is 5.96. The Morgan fingerprint density at radius 1 is 0.619 bits per heavy atom. The molecule has 2 aromatic carbocycles. The van der Waals surface area contributed by atoms with Gasteiger partial charge in [0.05, 0.1) is 0 Å². The van der Waals surface area contributed by atoms with Gasteiger partial charge in [0, 0.05) is 24.6 Å². The van der Waals surface area contributed by atoms with E-state index in [0.717, 1.165) is 21.5 Å². The minimum atomic E-state index is -2.60. The number of hydrogen-bond donors (Lipinski definition) is 0. The van der Waals surface area contributed by atoms with Crippen LogP contribution < -0.4 is 0 Å². The lowest BCUT2D eigenvalue weighted by Crippen LogP contribution is -2.42. The largest absolute Gasteiger partial charge is 0.407 e. The first-order chi connectivity index (χ1) is 10.3. The monoisotopic (exact) mass is 294 g/mol. The van der Waals surface area contributed by atoms with Crippen LogP contribution in [-0.4, -0.2) is 22.8 Å². The van der Waals surface area contributed by atoms with Gasteiger partial charge in [-0.1, -0.05) is 72.8 Å². The molecule has 106 valence electrons. The third-order valence-corrected chi connectivity index (χ3v) is 7.35. The van der Waals surface area contributed by atoms with Gasteiger partial charge in [-0.25, -0.2) is 0 Å². The van der Waals surface area contributed by atoms with Crippen LogP contribution in [-0.2, 0) is 8.85 Å². The summed E-state index contributed by atoms with van der Waals surface area (Å²) < 4.78 is 11.9. The van der Waals surface area contributed by atoms with E-state index in [1.54, 1.807) is 14.2 Å². The molecule has 1 aliphatic heterocycles. The molecule has 0 radical (unpaired) electrons. The molecule has 0 saturated carbocycles. The SMILES string of the molecule is CO[Si]1(OC)C(c2ccccc2)=CC=C1c1ccccc1. The van der Waals surface area contributed by atoms with Gasteiger partial charge in [0.1, 0.15) is 0 Å². The maximum atomic E-state index is 5.96. The van der Waals surface area contributed by atoms with Gasteiger partial charge in [-0.3, -0.25) is 0 Å². The van der Waals surface area contributed by atoms with Crippen molar-refractivity contribution in [1.82, 2.24) is 0 Å². The highest BCUT2D eigenvalue weighted by Gasteiger charge is 2.48. The van der Waals surface area contributed by atoms with Crippen LogP contribution >= 0.6 is 0 Å². The van der Waals surface area contributed by atoms with Gasteiger partial charge in [-0.15, -0.1) is 0 Å². The van der Waals surface area contributed by atoms with Crippen molar-refractivity contribution in [2.75, 3.05) is 14.2 Å². The van der Waals surface area contributed by atoms with E-state index >= 15 is 0 Å². The lowest BCUT2D eigenvalue weighted by molar-refractivity contribution is 0.275. The predicted molar refractivity (Wildman–Crippen MR) is 88.6 cm³/mol. The molecule has 0 N–H and O–H groups in total. The molecule has 0 bridgehead atoms. The molecule has 21 heavy (non-hydrogen) atoms. The second-order valence-corrected chi connectivity index (χ2v) is 8.04. The van der Waals surface area contributed by atoms with Gasteiger partial charge in [-0.05, 0) is 11.1 Å². The Morgan fingerprint density at radius 2 is 1.00 bits per heavy atom. The fourth-order valence-electron chi connectivity index (χ4n) is 2.86. The Balaban J connectivity index is 2.08. The van der Waals surface area contributed by atoms with Crippen molar-refractivity contribution >= 4 is 19.0 Å². The first kappa shape index (κ1) is 14.0. The summed E-state index contributed by atoms with van der Waals surface area (Å²) in [6.07, 6.45) is 4.27. The maximum Gasteiger partial charge on any atom is 0.407 e. The van der Waals surface area contributed by atoms with Gasteiger partial charge in [0.25, 0.3) is 0 Å². The third kappa shape index (κ3) is 2.29. The van der Waals surface area contributed by atoms with Crippen LogP contribution in [0.25, 0.3) is 10.4 Å². The van der Waals surface area contributed by atoms with Gasteiger partial charge in [0.15, 0.2) is 0 Å². The molecular formula is C18H18O2Si. The van der Waals surface area contributed by atoms with Crippen molar-refractivity contribution in [3.63, 3.8) is 0 Å². The van der Waals surface area contributed by atoms with E-state index in [1.165, 1.54) is 0 Å². The van der Waals surface area contributed by atoms with E-state index in [1.807, 2.05) is 36.4 Å². The highest BCUT2D eigenvalue weighted by Crippen LogP contribution is 2.42. The van der Waals surface area contributed by atoms with Crippen LogP contribution in [0.4, 0.5) is 0 Å². The average molecular weight is 294 g/mol. The summed E-state index contributed by atoms with van der Waals surface area (Å²) in [5, 5.41) is 2.32. The van der Waals surface area contributed by atoms with E-state index in [4.69, 9.17) is 8.85 Å². The van der Waals surface area contributed by atoms with Crippen molar-refractivity contribution < 1.29 is 8.85 Å². The Labute approximate surface area is 126 Å². The lowest BCUT2D eigenvalue weighted by atomic mass is 10.2. The quantitative estimate of drug-likeness (QED) is 0.794. The lowest BCUT2D eigenvalue weighted by Gasteiger charge is -2.29. The van der Waals surface area contributed by atoms with E-state index in [2.05, 4.69) is 36.4 Å². The molecular weight excluding hydrogens is 276 g/mol. The highest BCUT2D eigenvalue weighted by atomic mass is 28.4. The molecule has 1 aliphatic rings. The van der Waals surface area contributed by atoms with E-state index in [0.29, 0.717) is 0 Å². The summed E-state index contributed by atoms with van der Waals surface area (Å²) in [6, 6.07) is 20.6. The Hall–Kier alpha value is -1.94. The van der Waals surface area contributed by atoms with Crippen molar-refractivity contribution in [2.45, 2.75) is 0 Å². The van der Waals surface area contributed by atoms with Crippen molar-refractivity contribution in [2.24, 2.45) is 0 Å². The smallest absolute Gasteiger partial charge is 0.391 e. The first-order valence-corrected chi connectivity index (χ1v) is 8.77. The molecule has 3 heteroatoms. The van der Waals surface area contributed by atoms with E-state index < -0.39 is 8.56 Å². The molecule has 0 saturated heterocycles. The van der Waals surface area contributed by atoms with E-state index in [9.17, 15) is 0 Å². The topological polar surface area (TPSA) is 18.5 Å². The van der Waals surface area contributed by atoms with Gasteiger partial charge in [0.2, 0.25) is 0 Å². The Kier molecular flexibility index (Phi) is 3.88. The zero-order valence-corrected chi connectivity index (χ0v) is 13.2. The number of rotatable bonds is 4. The number of hydrogen-bond acceptors (Lipinski definition) is 2. The molecule has 0 fully saturated rings. The number of allylic oxidation sites excluding steroid dienone is 2. The highest BCUT2D eigenvalue weighted by molar-refractivity contribution is 7.02. The summed E-state index contributed by atoms with van der Waals surface area (Å²) in [5.74, 6) is 0. The molecule has 0 amide bonds. The molecule has 0 aliphatic carbocycles. The minimum absolute atomic E-state index is 1.16. The third-order valence-electron chi connectivity index (χ3n) is 3.87. The zero-order chi connectivity index (χ0) is 14.7. The molecule has 3 rings (SSSR count). The second-order valence-electron chi connectivity index (χ2n) is 4.92. The summed E-state index contributed by atoms with van der Waals surface area (Å²) >= 11 is 0. The number of benzene rings is 2. The fraction of sp³-hybridized carbons (Fsp3) is 0.111. The second kappa shape index (κ2) is 5.82.